The summed E-state index contributed by atoms with van der Waals surface area (Å²) in [5.74, 6) is 0.0466. The Morgan fingerprint density at radius 1 is 1.35 bits per heavy atom. The average molecular weight is 322 g/mol. The van der Waals surface area contributed by atoms with Crippen molar-refractivity contribution >= 4 is 11.8 Å². The molecule has 0 radical (unpaired) electrons. The Morgan fingerprint density at radius 2 is 2.04 bits per heavy atom. The number of nitrogens with zero attached hydrogens (tertiary/aromatic N) is 5. The lowest BCUT2D eigenvalue weighted by Gasteiger charge is -2.20. The second-order valence-corrected chi connectivity index (χ2v) is 6.41. The first-order chi connectivity index (χ1) is 11.0. The van der Waals surface area contributed by atoms with Crippen molar-refractivity contribution in [3.8, 4) is 0 Å². The molecule has 1 saturated heterocycles. The summed E-state index contributed by atoms with van der Waals surface area (Å²) in [4.78, 5) is 27.6. The zero-order valence-electron chi connectivity index (χ0n) is 14.2. The molecule has 8 nitrogen and oxygen atoms in total. The molecule has 8 heteroatoms. The van der Waals surface area contributed by atoms with E-state index in [1.54, 1.807) is 14.1 Å². The molecule has 23 heavy (non-hydrogen) atoms. The van der Waals surface area contributed by atoms with Gasteiger partial charge in [-0.3, -0.25) is 9.59 Å². The molecule has 0 bridgehead atoms. The molecule has 128 valence electrons. The minimum atomic E-state index is -0.248. The number of nitrogens with one attached hydrogen (secondary N) is 1. The molecule has 0 saturated carbocycles. The summed E-state index contributed by atoms with van der Waals surface area (Å²) in [6.45, 7) is 6.14. The van der Waals surface area contributed by atoms with E-state index in [-0.39, 0.29) is 24.1 Å². The van der Waals surface area contributed by atoms with Gasteiger partial charge in [-0.1, -0.05) is 12.1 Å². The molecule has 2 amide bonds. The summed E-state index contributed by atoms with van der Waals surface area (Å²) in [5, 5.41) is 10.5. The highest BCUT2D eigenvalue weighted by molar-refractivity contribution is 5.91. The fourth-order valence-corrected chi connectivity index (χ4v) is 2.59. The number of carbonyl (C=O) groups is 2. The smallest absolute Gasteiger partial charge is 0.273 e. The van der Waals surface area contributed by atoms with Crippen molar-refractivity contribution in [1.29, 1.82) is 0 Å². The lowest BCUT2D eigenvalue weighted by Crippen LogP contribution is -2.34. The predicted molar refractivity (Wildman–Crippen MR) is 85.9 cm³/mol. The van der Waals surface area contributed by atoms with E-state index in [4.69, 9.17) is 0 Å². The fourth-order valence-electron chi connectivity index (χ4n) is 2.59. The van der Waals surface area contributed by atoms with Gasteiger partial charge in [0, 0.05) is 27.2 Å². The van der Waals surface area contributed by atoms with Crippen LogP contribution < -0.4 is 5.32 Å². The Bertz CT molecular complexity index is 536. The quantitative estimate of drug-likeness (QED) is 0.753. The molecule has 0 spiro atoms. The number of likely N-dealkylation sites (tertiary alicyclic amines) is 1. The van der Waals surface area contributed by atoms with Gasteiger partial charge in [0.15, 0.2) is 5.69 Å². The standard InChI is InChI=1S/C15H26N6O2/c1-12(9-20-6-4-5-7-20)8-16-15(23)13-10-21(18-17-13)11-14(22)19(2)3/h10,12H,4-9,11H2,1-3H3,(H,16,23)/t12-/m1/s1. The summed E-state index contributed by atoms with van der Waals surface area (Å²) in [5.41, 5.74) is 0.241. The van der Waals surface area contributed by atoms with E-state index in [0.717, 1.165) is 19.6 Å². The molecule has 0 aliphatic carbocycles. The van der Waals surface area contributed by atoms with Gasteiger partial charge in [-0.25, -0.2) is 4.68 Å². The van der Waals surface area contributed by atoms with Crippen LogP contribution in [0.1, 0.15) is 30.3 Å². The Balaban J connectivity index is 1.76. The van der Waals surface area contributed by atoms with Crippen LogP contribution in [0.5, 0.6) is 0 Å². The monoisotopic (exact) mass is 322 g/mol. The van der Waals surface area contributed by atoms with Crippen LogP contribution in [0.3, 0.4) is 0 Å². The van der Waals surface area contributed by atoms with Crippen molar-refractivity contribution in [2.24, 2.45) is 5.92 Å². The molecule has 1 aliphatic rings. The van der Waals surface area contributed by atoms with Crippen molar-refractivity contribution in [1.82, 2.24) is 30.1 Å². The van der Waals surface area contributed by atoms with Crippen LogP contribution >= 0.6 is 0 Å². The maximum absolute atomic E-state index is 12.1. The van der Waals surface area contributed by atoms with Crippen molar-refractivity contribution in [2.75, 3.05) is 40.3 Å². The maximum atomic E-state index is 12.1. The van der Waals surface area contributed by atoms with E-state index in [1.807, 2.05) is 0 Å². The number of likely N-dealkylation sites (N-methyl/N-ethyl adjacent to an activating group) is 1. The second-order valence-electron chi connectivity index (χ2n) is 6.41. The first-order valence-electron chi connectivity index (χ1n) is 8.06. The number of amides is 2. The van der Waals surface area contributed by atoms with E-state index in [2.05, 4.69) is 27.5 Å². The lowest BCUT2D eigenvalue weighted by atomic mass is 10.1. The van der Waals surface area contributed by atoms with E-state index in [0.29, 0.717) is 12.5 Å². The molecule has 1 aromatic rings. The first-order valence-corrected chi connectivity index (χ1v) is 8.06. The second kappa shape index (κ2) is 8.05. The van der Waals surface area contributed by atoms with Crippen LogP contribution in [0, 0.1) is 5.92 Å². The highest BCUT2D eigenvalue weighted by atomic mass is 16.2. The lowest BCUT2D eigenvalue weighted by molar-refractivity contribution is -0.129. The predicted octanol–water partition coefficient (Wildman–Crippen LogP) is -0.172. The molecule has 1 aromatic heterocycles. The van der Waals surface area contributed by atoms with E-state index < -0.39 is 0 Å². The molecule has 2 rings (SSSR count). The average Bonchev–Trinajstić information content (AvgIpc) is 3.16. The third-order valence-electron chi connectivity index (χ3n) is 3.95. The zero-order valence-corrected chi connectivity index (χ0v) is 14.2. The topological polar surface area (TPSA) is 83.4 Å². The van der Waals surface area contributed by atoms with Crippen molar-refractivity contribution < 1.29 is 9.59 Å². The normalized spacial score (nSPS) is 16.3. The summed E-state index contributed by atoms with van der Waals surface area (Å²) < 4.78 is 1.38. The van der Waals surface area contributed by atoms with Gasteiger partial charge in [-0.2, -0.15) is 0 Å². The number of hydrogen-bond donors (Lipinski definition) is 1. The molecule has 1 aliphatic heterocycles. The molecular weight excluding hydrogens is 296 g/mol. The minimum absolute atomic E-state index is 0.0820. The van der Waals surface area contributed by atoms with Gasteiger partial charge in [0.2, 0.25) is 5.91 Å². The Morgan fingerprint density at radius 3 is 2.70 bits per heavy atom. The van der Waals surface area contributed by atoms with E-state index >= 15 is 0 Å². The molecule has 0 aromatic carbocycles. The Kier molecular flexibility index (Phi) is 6.09. The van der Waals surface area contributed by atoms with Crippen molar-refractivity contribution in [3.63, 3.8) is 0 Å². The summed E-state index contributed by atoms with van der Waals surface area (Å²) in [7, 11) is 3.35. The van der Waals surface area contributed by atoms with Gasteiger partial charge in [-0.15, -0.1) is 5.10 Å². The molecular formula is C15H26N6O2. The van der Waals surface area contributed by atoms with Crippen molar-refractivity contribution in [3.05, 3.63) is 11.9 Å². The van der Waals surface area contributed by atoms with Crippen LogP contribution in [-0.2, 0) is 11.3 Å². The van der Waals surface area contributed by atoms with E-state index in [1.165, 1.54) is 28.6 Å². The van der Waals surface area contributed by atoms with Crippen LogP contribution in [0.4, 0.5) is 0 Å². The number of hydrogen-bond acceptors (Lipinski definition) is 5. The number of carbonyl (C=O) groups excluding carboxylic acids is 2. The SMILES string of the molecule is C[C@H](CNC(=O)c1cn(CC(=O)N(C)C)nn1)CN1CCCC1. The fraction of sp³-hybridized carbons (Fsp3) is 0.733. The van der Waals surface area contributed by atoms with Gasteiger partial charge in [0.05, 0.1) is 6.20 Å². The van der Waals surface area contributed by atoms with Gasteiger partial charge < -0.3 is 15.1 Å². The van der Waals surface area contributed by atoms with Gasteiger partial charge >= 0.3 is 0 Å². The highest BCUT2D eigenvalue weighted by Gasteiger charge is 2.17. The van der Waals surface area contributed by atoms with Gasteiger partial charge in [0.25, 0.3) is 5.91 Å². The Labute approximate surface area is 136 Å². The van der Waals surface area contributed by atoms with Gasteiger partial charge in [-0.05, 0) is 31.8 Å². The summed E-state index contributed by atoms with van der Waals surface area (Å²) >= 11 is 0. The van der Waals surface area contributed by atoms with Crippen LogP contribution in [0.25, 0.3) is 0 Å². The van der Waals surface area contributed by atoms with Crippen molar-refractivity contribution in [2.45, 2.75) is 26.3 Å². The Hall–Kier alpha value is -1.96. The molecule has 1 N–H and O–H groups in total. The first kappa shape index (κ1) is 17.4. The summed E-state index contributed by atoms with van der Waals surface area (Å²) in [6, 6.07) is 0. The third kappa shape index (κ3) is 5.31. The third-order valence-corrected chi connectivity index (χ3v) is 3.95. The van der Waals surface area contributed by atoms with Crippen LogP contribution in [0.15, 0.2) is 6.20 Å². The molecule has 1 atom stereocenters. The molecule has 2 heterocycles. The van der Waals surface area contributed by atoms with Crippen LogP contribution in [0.2, 0.25) is 0 Å². The number of aromatic nitrogens is 3. The van der Waals surface area contributed by atoms with Gasteiger partial charge in [0.1, 0.15) is 6.54 Å². The molecule has 1 fully saturated rings. The largest absolute Gasteiger partial charge is 0.350 e. The highest BCUT2D eigenvalue weighted by Crippen LogP contribution is 2.09. The van der Waals surface area contributed by atoms with Crippen LogP contribution in [-0.4, -0.2) is 76.9 Å². The van der Waals surface area contributed by atoms with E-state index in [9.17, 15) is 9.59 Å². The number of rotatable bonds is 7. The minimum Gasteiger partial charge on any atom is -0.350 e. The maximum Gasteiger partial charge on any atom is 0.273 e. The zero-order chi connectivity index (χ0) is 16.8. The summed E-state index contributed by atoms with van der Waals surface area (Å²) in [6.07, 6.45) is 4.05. The molecule has 0 unspecified atom stereocenters.